The lowest BCUT2D eigenvalue weighted by molar-refractivity contribution is 0.262. The summed E-state index contributed by atoms with van der Waals surface area (Å²) in [6.45, 7) is 3.06. The Balaban J connectivity index is 1.63. The maximum atomic E-state index is 12.2. The Morgan fingerprint density at radius 1 is 1.26 bits per heavy atom. The highest BCUT2D eigenvalue weighted by molar-refractivity contribution is 7.99. The zero-order valence-electron chi connectivity index (χ0n) is 13.2. The van der Waals surface area contributed by atoms with Gasteiger partial charge in [0.1, 0.15) is 0 Å². The first-order chi connectivity index (χ1) is 11.2. The predicted octanol–water partition coefficient (Wildman–Crippen LogP) is 2.61. The minimum atomic E-state index is -0.250. The van der Waals surface area contributed by atoms with Gasteiger partial charge in [-0.2, -0.15) is 16.9 Å². The van der Waals surface area contributed by atoms with Crippen molar-refractivity contribution in [3.8, 4) is 0 Å². The molecule has 7 heteroatoms. The molecule has 1 aromatic carbocycles. The maximum Gasteiger partial charge on any atom is 0.323 e. The number of carbonyl (C=O) groups is 1. The van der Waals surface area contributed by atoms with Crippen LogP contribution in [0.15, 0.2) is 36.7 Å². The molecule has 0 atom stereocenters. The Morgan fingerprint density at radius 2 is 2.04 bits per heavy atom. The first-order valence-corrected chi connectivity index (χ1v) is 8.81. The van der Waals surface area contributed by atoms with Crippen molar-refractivity contribution in [3.05, 3.63) is 42.2 Å². The van der Waals surface area contributed by atoms with Gasteiger partial charge in [0, 0.05) is 50.1 Å². The van der Waals surface area contributed by atoms with Crippen molar-refractivity contribution in [2.45, 2.75) is 6.54 Å². The number of nitrogens with zero attached hydrogens (tertiary/aromatic N) is 3. The third-order valence-corrected chi connectivity index (χ3v) is 4.67. The molecule has 0 saturated carbocycles. The summed E-state index contributed by atoms with van der Waals surface area (Å²) < 4.78 is 1.65. The van der Waals surface area contributed by atoms with Gasteiger partial charge < -0.3 is 10.6 Å². The van der Waals surface area contributed by atoms with Crippen molar-refractivity contribution in [1.29, 1.82) is 0 Å². The van der Waals surface area contributed by atoms with Gasteiger partial charge in [-0.3, -0.25) is 9.58 Å². The lowest BCUT2D eigenvalue weighted by Gasteiger charge is -2.27. The number of thioether (sulfide) groups is 1. The van der Waals surface area contributed by atoms with Crippen LogP contribution in [0.3, 0.4) is 0 Å². The van der Waals surface area contributed by atoms with Gasteiger partial charge >= 0.3 is 6.03 Å². The molecule has 0 unspecified atom stereocenters. The molecule has 6 nitrogen and oxygen atoms in total. The smallest absolute Gasteiger partial charge is 0.307 e. The molecular weight excluding hydrogens is 310 g/mol. The van der Waals surface area contributed by atoms with Crippen LogP contribution in [0.4, 0.5) is 16.2 Å². The fourth-order valence-electron chi connectivity index (χ4n) is 2.55. The van der Waals surface area contributed by atoms with Gasteiger partial charge in [0.15, 0.2) is 0 Å². The number of urea groups is 1. The molecule has 2 heterocycles. The van der Waals surface area contributed by atoms with E-state index >= 15 is 0 Å². The van der Waals surface area contributed by atoms with Gasteiger partial charge in [0.05, 0.1) is 11.9 Å². The number of nitrogens with one attached hydrogen (secondary N) is 2. The van der Waals surface area contributed by atoms with E-state index in [9.17, 15) is 4.79 Å². The Kier molecular flexibility index (Phi) is 5.19. The number of aryl methyl sites for hydroxylation is 1. The van der Waals surface area contributed by atoms with Crippen LogP contribution in [-0.2, 0) is 13.6 Å². The number of anilines is 2. The molecule has 3 rings (SSSR count). The number of carbonyl (C=O) groups excluding carboxylic acids is 1. The number of aromatic nitrogens is 2. The topological polar surface area (TPSA) is 62.2 Å². The van der Waals surface area contributed by atoms with Crippen LogP contribution in [0.2, 0.25) is 0 Å². The summed E-state index contributed by atoms with van der Waals surface area (Å²) in [4.78, 5) is 14.6. The molecule has 1 fully saturated rings. The van der Waals surface area contributed by atoms with Crippen LogP contribution in [-0.4, -0.2) is 45.3 Å². The molecule has 0 aliphatic carbocycles. The third kappa shape index (κ3) is 4.49. The van der Waals surface area contributed by atoms with Crippen LogP contribution in [0.25, 0.3) is 0 Å². The summed E-state index contributed by atoms with van der Waals surface area (Å²) in [5.41, 5.74) is 2.67. The predicted molar refractivity (Wildman–Crippen MR) is 94.9 cm³/mol. The molecule has 0 spiro atoms. The molecule has 1 aliphatic rings. The highest BCUT2D eigenvalue weighted by atomic mass is 32.2. The van der Waals surface area contributed by atoms with E-state index in [2.05, 4.69) is 26.7 Å². The Morgan fingerprint density at radius 3 is 2.78 bits per heavy atom. The van der Waals surface area contributed by atoms with E-state index < -0.39 is 0 Å². The molecule has 1 aromatic heterocycles. The molecule has 122 valence electrons. The number of para-hydroxylation sites is 1. The van der Waals surface area contributed by atoms with E-state index in [4.69, 9.17) is 0 Å². The first-order valence-electron chi connectivity index (χ1n) is 7.65. The van der Waals surface area contributed by atoms with Crippen LogP contribution < -0.4 is 10.6 Å². The number of rotatable bonds is 4. The lowest BCUT2D eigenvalue weighted by Crippen LogP contribution is -2.32. The maximum absolute atomic E-state index is 12.2. The SMILES string of the molecule is Cn1cc(NC(=O)Nc2ccccc2CN2CCSCC2)cn1. The fraction of sp³-hybridized carbons (Fsp3) is 0.375. The number of amides is 2. The van der Waals surface area contributed by atoms with Crippen LogP contribution in [0.1, 0.15) is 5.56 Å². The summed E-state index contributed by atoms with van der Waals surface area (Å²) >= 11 is 2.00. The fourth-order valence-corrected chi connectivity index (χ4v) is 3.53. The van der Waals surface area contributed by atoms with Crippen LogP contribution >= 0.6 is 11.8 Å². The van der Waals surface area contributed by atoms with Crippen molar-refractivity contribution < 1.29 is 4.79 Å². The minimum absolute atomic E-state index is 0.250. The largest absolute Gasteiger partial charge is 0.323 e. The van der Waals surface area contributed by atoms with Crippen LogP contribution in [0, 0.1) is 0 Å². The van der Waals surface area contributed by atoms with Crippen molar-refractivity contribution in [3.63, 3.8) is 0 Å². The standard InChI is InChI=1S/C16H21N5OS/c1-20-12-14(10-17-20)18-16(22)19-15-5-3-2-4-13(15)11-21-6-8-23-9-7-21/h2-5,10,12H,6-9,11H2,1H3,(H2,18,19,22). The Labute approximate surface area is 140 Å². The summed E-state index contributed by atoms with van der Waals surface area (Å²) in [6, 6.07) is 7.71. The van der Waals surface area contributed by atoms with Crippen molar-refractivity contribution in [2.24, 2.45) is 7.05 Å². The first kappa shape index (κ1) is 15.9. The van der Waals surface area contributed by atoms with Gasteiger partial charge in [0.25, 0.3) is 0 Å². The van der Waals surface area contributed by atoms with E-state index in [1.807, 2.05) is 37.0 Å². The van der Waals surface area contributed by atoms with E-state index in [0.29, 0.717) is 5.69 Å². The second kappa shape index (κ2) is 7.52. The van der Waals surface area contributed by atoms with Crippen molar-refractivity contribution in [2.75, 3.05) is 35.2 Å². The van der Waals surface area contributed by atoms with Gasteiger partial charge in [-0.05, 0) is 11.6 Å². The number of hydrogen-bond donors (Lipinski definition) is 2. The monoisotopic (exact) mass is 331 g/mol. The normalized spacial score (nSPS) is 15.3. The third-order valence-electron chi connectivity index (χ3n) is 3.73. The molecule has 23 heavy (non-hydrogen) atoms. The highest BCUT2D eigenvalue weighted by Gasteiger charge is 2.13. The average Bonchev–Trinajstić information content (AvgIpc) is 2.95. The zero-order valence-corrected chi connectivity index (χ0v) is 14.0. The molecule has 0 bridgehead atoms. The van der Waals surface area contributed by atoms with Gasteiger partial charge in [-0.1, -0.05) is 18.2 Å². The quantitative estimate of drug-likeness (QED) is 0.904. The van der Waals surface area contributed by atoms with Crippen molar-refractivity contribution in [1.82, 2.24) is 14.7 Å². The van der Waals surface area contributed by atoms with E-state index in [1.165, 1.54) is 11.5 Å². The van der Waals surface area contributed by atoms with E-state index in [1.54, 1.807) is 17.1 Å². The Hall–Kier alpha value is -1.99. The van der Waals surface area contributed by atoms with Crippen LogP contribution in [0.5, 0.6) is 0 Å². The molecular formula is C16H21N5OS. The van der Waals surface area contributed by atoms with E-state index in [-0.39, 0.29) is 6.03 Å². The zero-order chi connectivity index (χ0) is 16.1. The second-order valence-corrected chi connectivity index (χ2v) is 6.75. The summed E-state index contributed by atoms with van der Waals surface area (Å²) in [7, 11) is 1.81. The van der Waals surface area contributed by atoms with Crippen molar-refractivity contribution >= 4 is 29.2 Å². The summed E-state index contributed by atoms with van der Waals surface area (Å²) in [5, 5.41) is 9.77. The molecule has 0 radical (unpaired) electrons. The van der Waals surface area contributed by atoms with Gasteiger partial charge in [-0.15, -0.1) is 0 Å². The van der Waals surface area contributed by atoms with Gasteiger partial charge in [-0.25, -0.2) is 4.79 Å². The average molecular weight is 331 g/mol. The summed E-state index contributed by atoms with van der Waals surface area (Å²) in [5.74, 6) is 2.36. The number of hydrogen-bond acceptors (Lipinski definition) is 4. The lowest BCUT2D eigenvalue weighted by atomic mass is 10.1. The van der Waals surface area contributed by atoms with Gasteiger partial charge in [0.2, 0.25) is 0 Å². The van der Waals surface area contributed by atoms with E-state index in [0.717, 1.165) is 30.9 Å². The highest BCUT2D eigenvalue weighted by Crippen LogP contribution is 2.20. The molecule has 1 saturated heterocycles. The molecule has 2 N–H and O–H groups in total. The minimum Gasteiger partial charge on any atom is -0.307 e. The molecule has 1 aliphatic heterocycles. The Bertz CT molecular complexity index is 666. The summed E-state index contributed by atoms with van der Waals surface area (Å²) in [6.07, 6.45) is 3.38. The molecule has 2 aromatic rings. The second-order valence-electron chi connectivity index (χ2n) is 5.53. The molecule has 2 amide bonds. The number of benzene rings is 1.